The molecule has 0 bridgehead atoms. The van der Waals surface area contributed by atoms with E-state index in [-0.39, 0.29) is 0 Å². The molecular weight excluding hydrogens is 454 g/mol. The molecule has 36 heavy (non-hydrogen) atoms. The number of anilines is 4. The summed E-state index contributed by atoms with van der Waals surface area (Å²) in [4.78, 5) is 20.1. The Morgan fingerprint density at radius 1 is 0.972 bits per heavy atom. The monoisotopic (exact) mass is 483 g/mol. The van der Waals surface area contributed by atoms with E-state index in [2.05, 4.69) is 48.7 Å². The molecule has 9 nitrogen and oxygen atoms in total. The number of benzene rings is 2. The zero-order chi connectivity index (χ0) is 24.6. The fraction of sp³-hybridized carbons (Fsp3) is 0.259. The largest absolute Gasteiger partial charge is 0.495 e. The number of methoxy groups -OCH3 is 1. The van der Waals surface area contributed by atoms with Crippen molar-refractivity contribution in [3.63, 3.8) is 0 Å². The first-order chi connectivity index (χ1) is 17.8. The maximum Gasteiger partial charge on any atom is 0.229 e. The van der Waals surface area contributed by atoms with Crippen LogP contribution in [0.15, 0.2) is 73.4 Å². The second-order valence-corrected chi connectivity index (χ2v) is 8.44. The third kappa shape index (κ3) is 5.94. The topological polar surface area (TPSA) is 97.3 Å². The minimum Gasteiger partial charge on any atom is -0.495 e. The highest BCUT2D eigenvalue weighted by Crippen LogP contribution is 2.32. The Morgan fingerprint density at radius 2 is 1.81 bits per heavy atom. The highest BCUT2D eigenvalue weighted by molar-refractivity contribution is 5.79. The standard InChI is InChI=1S/C27H29N7O2/c1-35-25-8-3-2-7-24(25)32-26-23(21-16-28-19-29-17-21)18-30-27(33-26)31-22-6-4-5-20(15-22)9-10-34-11-13-36-14-12-34/h2-8,15-19H,9-14H2,1H3,(H2,30,31,32,33). The first kappa shape index (κ1) is 23.7. The number of nitrogens with zero attached hydrogens (tertiary/aromatic N) is 5. The van der Waals surface area contributed by atoms with Crippen LogP contribution in [0.2, 0.25) is 0 Å². The molecule has 0 radical (unpaired) electrons. The molecule has 1 fully saturated rings. The van der Waals surface area contributed by atoms with Gasteiger partial charge in [0.1, 0.15) is 17.9 Å². The van der Waals surface area contributed by atoms with E-state index >= 15 is 0 Å². The number of rotatable bonds is 9. The number of nitrogens with one attached hydrogen (secondary N) is 2. The molecule has 1 aliphatic rings. The Labute approximate surface area is 210 Å². The van der Waals surface area contributed by atoms with Gasteiger partial charge in [0.25, 0.3) is 0 Å². The summed E-state index contributed by atoms with van der Waals surface area (Å²) in [6.45, 7) is 4.63. The summed E-state index contributed by atoms with van der Waals surface area (Å²) in [6, 6.07) is 16.1. The van der Waals surface area contributed by atoms with E-state index in [9.17, 15) is 0 Å². The summed E-state index contributed by atoms with van der Waals surface area (Å²) in [6.07, 6.45) is 7.73. The maximum absolute atomic E-state index is 5.51. The van der Waals surface area contributed by atoms with Crippen molar-refractivity contribution in [3.05, 3.63) is 79.0 Å². The summed E-state index contributed by atoms with van der Waals surface area (Å²) in [7, 11) is 1.64. The molecule has 184 valence electrons. The van der Waals surface area contributed by atoms with Gasteiger partial charge in [-0.2, -0.15) is 4.98 Å². The molecule has 2 aromatic carbocycles. The van der Waals surface area contributed by atoms with Crippen LogP contribution in [0, 0.1) is 0 Å². The van der Waals surface area contributed by atoms with E-state index in [0.29, 0.717) is 17.5 Å². The zero-order valence-electron chi connectivity index (χ0n) is 20.2. The molecule has 0 unspecified atom stereocenters. The minimum atomic E-state index is 0.485. The fourth-order valence-corrected chi connectivity index (χ4v) is 4.11. The molecule has 4 aromatic rings. The van der Waals surface area contributed by atoms with E-state index in [1.165, 1.54) is 11.9 Å². The van der Waals surface area contributed by atoms with Crippen molar-refractivity contribution in [2.24, 2.45) is 0 Å². The average molecular weight is 484 g/mol. The quantitative estimate of drug-likeness (QED) is 0.361. The van der Waals surface area contributed by atoms with Crippen LogP contribution >= 0.6 is 0 Å². The molecule has 0 atom stereocenters. The number of para-hydroxylation sites is 2. The van der Waals surface area contributed by atoms with Crippen LogP contribution in [0.4, 0.5) is 23.1 Å². The van der Waals surface area contributed by atoms with Gasteiger partial charge in [-0.1, -0.05) is 24.3 Å². The lowest BCUT2D eigenvalue weighted by molar-refractivity contribution is 0.0384. The molecule has 0 aliphatic carbocycles. The molecule has 9 heteroatoms. The molecule has 3 heterocycles. The Balaban J connectivity index is 1.38. The number of hydrogen-bond acceptors (Lipinski definition) is 9. The van der Waals surface area contributed by atoms with Crippen molar-refractivity contribution in [1.82, 2.24) is 24.8 Å². The fourth-order valence-electron chi connectivity index (χ4n) is 4.11. The molecule has 2 N–H and O–H groups in total. The van der Waals surface area contributed by atoms with Gasteiger partial charge in [0.05, 0.1) is 26.0 Å². The lowest BCUT2D eigenvalue weighted by Gasteiger charge is -2.26. The highest BCUT2D eigenvalue weighted by atomic mass is 16.5. The van der Waals surface area contributed by atoms with Gasteiger partial charge in [0.2, 0.25) is 5.95 Å². The second-order valence-electron chi connectivity index (χ2n) is 8.44. The van der Waals surface area contributed by atoms with Crippen molar-refractivity contribution in [1.29, 1.82) is 0 Å². The average Bonchev–Trinajstić information content (AvgIpc) is 2.94. The van der Waals surface area contributed by atoms with Gasteiger partial charge in [-0.15, -0.1) is 0 Å². The summed E-state index contributed by atoms with van der Waals surface area (Å²) in [5, 5.41) is 6.75. The van der Waals surface area contributed by atoms with Crippen molar-refractivity contribution >= 4 is 23.1 Å². The van der Waals surface area contributed by atoms with Crippen LogP contribution in [0.3, 0.4) is 0 Å². The number of hydrogen-bond donors (Lipinski definition) is 2. The molecule has 1 saturated heterocycles. The van der Waals surface area contributed by atoms with Crippen molar-refractivity contribution in [2.45, 2.75) is 6.42 Å². The van der Waals surface area contributed by atoms with Crippen molar-refractivity contribution in [3.8, 4) is 16.9 Å². The Bertz CT molecular complexity index is 1280. The molecular formula is C27H29N7O2. The first-order valence-corrected chi connectivity index (χ1v) is 12.0. The summed E-state index contributed by atoms with van der Waals surface area (Å²) in [5.41, 5.74) is 4.59. The van der Waals surface area contributed by atoms with Crippen LogP contribution in [0.25, 0.3) is 11.1 Å². The minimum absolute atomic E-state index is 0.485. The predicted molar refractivity (Wildman–Crippen MR) is 140 cm³/mol. The van der Waals surface area contributed by atoms with Gasteiger partial charge in [0.15, 0.2) is 0 Å². The van der Waals surface area contributed by atoms with Crippen LogP contribution in [-0.4, -0.2) is 64.8 Å². The highest BCUT2D eigenvalue weighted by Gasteiger charge is 2.14. The second kappa shape index (κ2) is 11.6. The van der Waals surface area contributed by atoms with Gasteiger partial charge in [0, 0.05) is 55.0 Å². The summed E-state index contributed by atoms with van der Waals surface area (Å²) < 4.78 is 11.0. The normalized spacial score (nSPS) is 13.8. The zero-order valence-corrected chi connectivity index (χ0v) is 20.2. The van der Waals surface area contributed by atoms with Crippen LogP contribution in [0.1, 0.15) is 5.56 Å². The molecule has 2 aromatic heterocycles. The third-order valence-corrected chi connectivity index (χ3v) is 6.02. The summed E-state index contributed by atoms with van der Waals surface area (Å²) in [5.74, 6) is 1.82. The Hall–Kier alpha value is -4.08. The molecule has 0 amide bonds. The first-order valence-electron chi connectivity index (χ1n) is 12.0. The van der Waals surface area contributed by atoms with Gasteiger partial charge < -0.3 is 20.1 Å². The molecule has 5 rings (SSSR count). The predicted octanol–water partition coefficient (Wildman–Crippen LogP) is 4.30. The molecule has 0 saturated carbocycles. The van der Waals surface area contributed by atoms with Crippen molar-refractivity contribution < 1.29 is 9.47 Å². The van der Waals surface area contributed by atoms with Crippen LogP contribution in [-0.2, 0) is 11.2 Å². The van der Waals surface area contributed by atoms with E-state index in [4.69, 9.17) is 14.5 Å². The number of morpholine rings is 1. The van der Waals surface area contributed by atoms with Crippen LogP contribution in [0.5, 0.6) is 5.75 Å². The molecule has 1 aliphatic heterocycles. The van der Waals surface area contributed by atoms with E-state index in [1.54, 1.807) is 25.7 Å². The smallest absolute Gasteiger partial charge is 0.229 e. The maximum atomic E-state index is 5.51. The number of aromatic nitrogens is 4. The van der Waals surface area contributed by atoms with E-state index < -0.39 is 0 Å². The SMILES string of the molecule is COc1ccccc1Nc1nc(Nc2cccc(CCN3CCOCC3)c2)ncc1-c1cncnc1. The lowest BCUT2D eigenvalue weighted by Crippen LogP contribution is -2.37. The lowest BCUT2D eigenvalue weighted by atomic mass is 10.1. The van der Waals surface area contributed by atoms with Gasteiger partial charge in [-0.3, -0.25) is 4.90 Å². The Kier molecular flexibility index (Phi) is 7.60. The third-order valence-electron chi connectivity index (χ3n) is 6.02. The summed E-state index contributed by atoms with van der Waals surface area (Å²) >= 11 is 0. The van der Waals surface area contributed by atoms with E-state index in [1.807, 2.05) is 30.3 Å². The van der Waals surface area contributed by atoms with Gasteiger partial charge >= 0.3 is 0 Å². The molecule has 0 spiro atoms. The van der Waals surface area contributed by atoms with Gasteiger partial charge in [-0.05, 0) is 36.2 Å². The van der Waals surface area contributed by atoms with E-state index in [0.717, 1.165) is 61.8 Å². The van der Waals surface area contributed by atoms with Crippen LogP contribution < -0.4 is 15.4 Å². The van der Waals surface area contributed by atoms with Gasteiger partial charge in [-0.25, -0.2) is 15.0 Å². The number of ether oxygens (including phenoxy) is 2. The Morgan fingerprint density at radius 3 is 2.64 bits per heavy atom. The van der Waals surface area contributed by atoms with Crippen molar-refractivity contribution in [2.75, 3.05) is 50.6 Å².